The third kappa shape index (κ3) is 3.22. The molecule has 0 aliphatic rings. The summed E-state index contributed by atoms with van der Waals surface area (Å²) in [7, 11) is 0. The molecule has 0 aliphatic carbocycles. The second-order valence-corrected chi connectivity index (χ2v) is 5.51. The first-order chi connectivity index (χ1) is 9.91. The molecule has 21 heavy (non-hydrogen) atoms. The van der Waals surface area contributed by atoms with E-state index >= 15 is 0 Å². The minimum absolute atomic E-state index is 0.0593. The lowest BCUT2D eigenvalue weighted by Crippen LogP contribution is -2.01. The van der Waals surface area contributed by atoms with E-state index in [0.29, 0.717) is 4.47 Å². The van der Waals surface area contributed by atoms with E-state index in [0.717, 1.165) is 0 Å². The summed E-state index contributed by atoms with van der Waals surface area (Å²) in [6.07, 6.45) is 0. The number of halogens is 2. The van der Waals surface area contributed by atoms with E-state index in [1.54, 1.807) is 12.1 Å². The number of hydrogen-bond donors (Lipinski definition) is 1. The van der Waals surface area contributed by atoms with Gasteiger partial charge in [-0.15, -0.1) is 0 Å². The first-order valence-corrected chi connectivity index (χ1v) is 7.13. The molecule has 0 spiro atoms. The second-order valence-electron chi connectivity index (χ2n) is 3.87. The molecule has 0 aliphatic heterocycles. The highest BCUT2D eigenvalue weighted by atomic mass is 79.9. The largest absolute Gasteiger partial charge is 0.478 e. The van der Waals surface area contributed by atoms with Crippen LogP contribution in [0.5, 0.6) is 11.5 Å². The molecule has 2 rings (SSSR count). The molecule has 8 heteroatoms. The van der Waals surface area contributed by atoms with E-state index in [1.807, 2.05) is 0 Å². The number of carbonyl (C=O) groups is 1. The highest BCUT2D eigenvalue weighted by Crippen LogP contribution is 2.38. The monoisotopic (exact) mass is 415 g/mol. The number of nitro benzene ring substituents is 1. The Kier molecular flexibility index (Phi) is 4.59. The molecule has 2 aromatic rings. The van der Waals surface area contributed by atoms with E-state index < -0.39 is 10.9 Å². The summed E-state index contributed by atoms with van der Waals surface area (Å²) in [5, 5.41) is 20.1. The Balaban J connectivity index is 2.49. The summed E-state index contributed by atoms with van der Waals surface area (Å²) in [4.78, 5) is 21.6. The van der Waals surface area contributed by atoms with Gasteiger partial charge in [0.25, 0.3) is 5.69 Å². The number of benzene rings is 2. The van der Waals surface area contributed by atoms with Gasteiger partial charge in [-0.25, -0.2) is 4.79 Å². The lowest BCUT2D eigenvalue weighted by atomic mass is 10.2. The van der Waals surface area contributed by atoms with Gasteiger partial charge in [-0.05, 0) is 50.1 Å². The highest BCUT2D eigenvalue weighted by molar-refractivity contribution is 9.11. The molecule has 108 valence electrons. The molecule has 6 nitrogen and oxygen atoms in total. The predicted octanol–water partition coefficient (Wildman–Crippen LogP) is 4.61. The van der Waals surface area contributed by atoms with Crippen LogP contribution in [0.4, 0.5) is 5.69 Å². The molecule has 0 atom stereocenters. The standard InChI is InChI=1S/C13H7Br2NO5/c14-7-3-1-5-9(11(7)13(17)18)21-10-6-2-4-8(12(10)15)16(19)20/h1-6H,(H,17,18). The van der Waals surface area contributed by atoms with Crippen LogP contribution < -0.4 is 4.74 Å². The fraction of sp³-hybridized carbons (Fsp3) is 0. The van der Waals surface area contributed by atoms with E-state index in [4.69, 9.17) is 4.74 Å². The predicted molar refractivity (Wildman–Crippen MR) is 82.0 cm³/mol. The van der Waals surface area contributed by atoms with Crippen LogP contribution in [0.1, 0.15) is 10.4 Å². The summed E-state index contributed by atoms with van der Waals surface area (Å²) >= 11 is 6.23. The molecular formula is C13H7Br2NO5. The van der Waals surface area contributed by atoms with E-state index in [1.165, 1.54) is 24.3 Å². The van der Waals surface area contributed by atoms with Crippen LogP contribution in [0.25, 0.3) is 0 Å². The summed E-state index contributed by atoms with van der Waals surface area (Å²) in [6, 6.07) is 8.92. The van der Waals surface area contributed by atoms with Crippen LogP contribution >= 0.6 is 31.9 Å². The minimum atomic E-state index is -1.17. The number of rotatable bonds is 4. The number of ether oxygens (including phenoxy) is 1. The van der Waals surface area contributed by atoms with E-state index in [9.17, 15) is 20.0 Å². The Hall–Kier alpha value is -1.93. The van der Waals surface area contributed by atoms with Gasteiger partial charge in [-0.3, -0.25) is 10.1 Å². The number of carboxylic acid groups (broad SMARTS) is 1. The molecule has 0 aromatic heterocycles. The Morgan fingerprint density at radius 1 is 1.14 bits per heavy atom. The van der Waals surface area contributed by atoms with Crippen molar-refractivity contribution in [2.45, 2.75) is 0 Å². The molecule has 0 saturated heterocycles. The zero-order chi connectivity index (χ0) is 15.6. The van der Waals surface area contributed by atoms with Crippen molar-refractivity contribution in [1.29, 1.82) is 0 Å². The van der Waals surface area contributed by atoms with Crippen molar-refractivity contribution < 1.29 is 19.6 Å². The van der Waals surface area contributed by atoms with Gasteiger partial charge in [0.05, 0.1) is 4.92 Å². The first-order valence-electron chi connectivity index (χ1n) is 5.54. The van der Waals surface area contributed by atoms with Crippen molar-refractivity contribution in [1.82, 2.24) is 0 Å². The summed E-state index contributed by atoms with van der Waals surface area (Å²) in [6.45, 7) is 0. The van der Waals surface area contributed by atoms with Crippen molar-refractivity contribution >= 4 is 43.5 Å². The van der Waals surface area contributed by atoms with Crippen LogP contribution in [-0.4, -0.2) is 16.0 Å². The SMILES string of the molecule is O=C(O)c1c(Br)cccc1Oc1cccc([N+](=O)[O-])c1Br. The zero-order valence-corrected chi connectivity index (χ0v) is 13.4. The molecule has 0 saturated carbocycles. The molecule has 1 N–H and O–H groups in total. The molecule has 0 fully saturated rings. The van der Waals surface area contributed by atoms with Crippen molar-refractivity contribution in [3.63, 3.8) is 0 Å². The van der Waals surface area contributed by atoms with Crippen molar-refractivity contribution in [3.05, 3.63) is 61.0 Å². The average molecular weight is 417 g/mol. The topological polar surface area (TPSA) is 89.7 Å². The summed E-state index contributed by atoms with van der Waals surface area (Å²) in [5.41, 5.74) is -0.227. The number of hydrogen-bond acceptors (Lipinski definition) is 4. The van der Waals surface area contributed by atoms with E-state index in [2.05, 4.69) is 31.9 Å². The Labute approximate surface area is 135 Å². The van der Waals surface area contributed by atoms with Crippen LogP contribution in [-0.2, 0) is 0 Å². The molecule has 0 unspecified atom stereocenters. The fourth-order valence-corrected chi connectivity index (χ4v) is 2.64. The van der Waals surface area contributed by atoms with Gasteiger partial charge >= 0.3 is 5.97 Å². The van der Waals surface area contributed by atoms with Gasteiger partial charge in [-0.2, -0.15) is 0 Å². The van der Waals surface area contributed by atoms with Crippen LogP contribution in [0, 0.1) is 10.1 Å². The molecule has 2 aromatic carbocycles. The Morgan fingerprint density at radius 3 is 2.38 bits per heavy atom. The van der Waals surface area contributed by atoms with Crippen LogP contribution in [0.3, 0.4) is 0 Å². The van der Waals surface area contributed by atoms with Gasteiger partial charge in [0, 0.05) is 10.5 Å². The van der Waals surface area contributed by atoms with Gasteiger partial charge in [-0.1, -0.05) is 12.1 Å². The van der Waals surface area contributed by atoms with E-state index in [-0.39, 0.29) is 27.2 Å². The van der Waals surface area contributed by atoms with Gasteiger partial charge in [0.15, 0.2) is 0 Å². The highest BCUT2D eigenvalue weighted by Gasteiger charge is 2.20. The maximum Gasteiger partial charge on any atom is 0.340 e. The smallest absolute Gasteiger partial charge is 0.340 e. The van der Waals surface area contributed by atoms with Gasteiger partial charge < -0.3 is 9.84 Å². The number of nitro groups is 1. The number of aromatic carboxylic acids is 1. The van der Waals surface area contributed by atoms with Crippen molar-refractivity contribution in [2.24, 2.45) is 0 Å². The Bertz CT molecular complexity index is 732. The molecular weight excluding hydrogens is 410 g/mol. The maximum atomic E-state index is 11.3. The maximum absolute atomic E-state index is 11.3. The normalized spacial score (nSPS) is 10.2. The van der Waals surface area contributed by atoms with Crippen LogP contribution in [0.2, 0.25) is 0 Å². The number of carboxylic acids is 1. The van der Waals surface area contributed by atoms with Crippen molar-refractivity contribution in [2.75, 3.05) is 0 Å². The third-order valence-corrected chi connectivity index (χ3v) is 4.01. The molecule has 0 amide bonds. The fourth-order valence-electron chi connectivity index (χ4n) is 1.63. The lowest BCUT2D eigenvalue weighted by molar-refractivity contribution is -0.385. The first kappa shape index (κ1) is 15.5. The third-order valence-electron chi connectivity index (χ3n) is 2.55. The summed E-state index contributed by atoms with van der Waals surface area (Å²) in [5.74, 6) is -0.929. The van der Waals surface area contributed by atoms with Crippen molar-refractivity contribution in [3.8, 4) is 11.5 Å². The van der Waals surface area contributed by atoms with Crippen LogP contribution in [0.15, 0.2) is 45.3 Å². The lowest BCUT2D eigenvalue weighted by Gasteiger charge is -2.11. The molecule has 0 bridgehead atoms. The Morgan fingerprint density at radius 2 is 1.76 bits per heavy atom. The molecule has 0 radical (unpaired) electrons. The minimum Gasteiger partial charge on any atom is -0.478 e. The van der Waals surface area contributed by atoms with Gasteiger partial charge in [0.2, 0.25) is 0 Å². The summed E-state index contributed by atoms with van der Waals surface area (Å²) < 4.78 is 6.01. The quantitative estimate of drug-likeness (QED) is 0.580. The average Bonchev–Trinajstić information content (AvgIpc) is 2.40. The van der Waals surface area contributed by atoms with Gasteiger partial charge in [0.1, 0.15) is 21.5 Å². The molecule has 0 heterocycles. The zero-order valence-electron chi connectivity index (χ0n) is 10.2. The second kappa shape index (κ2) is 6.23. The number of nitrogens with zero attached hydrogens (tertiary/aromatic N) is 1.